The Morgan fingerprint density at radius 1 is 1.07 bits per heavy atom. The zero-order valence-corrected chi connectivity index (χ0v) is 15.2. The number of alkyl halides is 3. The summed E-state index contributed by atoms with van der Waals surface area (Å²) in [4.78, 5) is 4.20. The molecule has 2 aromatic carbocycles. The van der Waals surface area contributed by atoms with Gasteiger partial charge in [0.05, 0.1) is 5.56 Å². The molecule has 0 saturated carbocycles. The van der Waals surface area contributed by atoms with Crippen LogP contribution in [-0.2, 0) is 12.7 Å². The first kappa shape index (κ1) is 18.9. The van der Waals surface area contributed by atoms with Crippen LogP contribution in [0.15, 0.2) is 60.9 Å². The van der Waals surface area contributed by atoms with Crippen molar-refractivity contribution in [1.82, 2.24) is 14.9 Å². The van der Waals surface area contributed by atoms with Gasteiger partial charge >= 0.3 is 6.18 Å². The molecule has 0 saturated heterocycles. The van der Waals surface area contributed by atoms with Crippen LogP contribution in [0.3, 0.4) is 0 Å². The van der Waals surface area contributed by atoms with Crippen LogP contribution in [-0.4, -0.2) is 14.7 Å². The monoisotopic (exact) mass is 390 g/mol. The molecule has 0 amide bonds. The molecule has 8 heteroatoms. The van der Waals surface area contributed by atoms with E-state index in [9.17, 15) is 13.2 Å². The van der Waals surface area contributed by atoms with Gasteiger partial charge in [-0.3, -0.25) is 0 Å². The highest BCUT2D eigenvalue weighted by atomic mass is 32.1. The molecule has 0 aliphatic heterocycles. The van der Waals surface area contributed by atoms with Crippen LogP contribution in [0.25, 0.3) is 5.69 Å². The Balaban J connectivity index is 1.54. The summed E-state index contributed by atoms with van der Waals surface area (Å²) in [6.07, 6.45) is -0.708. The highest BCUT2D eigenvalue weighted by molar-refractivity contribution is 7.80. The molecule has 0 unspecified atom stereocenters. The Morgan fingerprint density at radius 3 is 2.30 bits per heavy atom. The summed E-state index contributed by atoms with van der Waals surface area (Å²) in [7, 11) is 0. The van der Waals surface area contributed by atoms with Gasteiger partial charge in [0.2, 0.25) is 0 Å². The molecule has 1 heterocycles. The van der Waals surface area contributed by atoms with Crippen molar-refractivity contribution >= 4 is 23.0 Å². The van der Waals surface area contributed by atoms with E-state index in [1.54, 1.807) is 6.20 Å². The summed E-state index contributed by atoms with van der Waals surface area (Å²) in [5.74, 6) is 0.905. The minimum absolute atomic E-state index is 0.337. The standard InChI is InChI=1S/C19H17F3N4S/c1-13-23-10-11-26(13)17-8-2-14(3-9-17)12-24-18(27)25-16-6-4-15(5-7-16)19(20,21)22/h2-11H,12H2,1H3,(H2,24,25,27). The fraction of sp³-hybridized carbons (Fsp3) is 0.158. The number of aryl methyl sites for hydroxylation is 1. The summed E-state index contributed by atoms with van der Waals surface area (Å²) in [6, 6.07) is 12.6. The summed E-state index contributed by atoms with van der Waals surface area (Å²) in [6.45, 7) is 2.43. The molecule has 3 aromatic rings. The molecule has 0 spiro atoms. The number of rotatable bonds is 4. The van der Waals surface area contributed by atoms with E-state index in [2.05, 4.69) is 15.6 Å². The van der Waals surface area contributed by atoms with Gasteiger partial charge in [0.15, 0.2) is 5.11 Å². The van der Waals surface area contributed by atoms with E-state index in [1.165, 1.54) is 12.1 Å². The molecule has 0 aliphatic rings. The number of nitrogens with one attached hydrogen (secondary N) is 2. The van der Waals surface area contributed by atoms with Gasteiger partial charge < -0.3 is 15.2 Å². The molecular formula is C19H17F3N4S. The number of aromatic nitrogens is 2. The normalized spacial score (nSPS) is 11.3. The molecule has 0 bridgehead atoms. The zero-order valence-electron chi connectivity index (χ0n) is 14.4. The van der Waals surface area contributed by atoms with Gasteiger partial charge in [0, 0.05) is 30.3 Å². The number of halogens is 3. The molecule has 4 nitrogen and oxygen atoms in total. The lowest BCUT2D eigenvalue weighted by Crippen LogP contribution is -2.27. The van der Waals surface area contributed by atoms with Gasteiger partial charge in [0.1, 0.15) is 5.82 Å². The Kier molecular flexibility index (Phi) is 5.46. The maximum absolute atomic E-state index is 12.6. The maximum Gasteiger partial charge on any atom is 0.416 e. The molecule has 27 heavy (non-hydrogen) atoms. The van der Waals surface area contributed by atoms with E-state index in [-0.39, 0.29) is 0 Å². The van der Waals surface area contributed by atoms with Crippen LogP contribution >= 0.6 is 12.2 Å². The van der Waals surface area contributed by atoms with Gasteiger partial charge in [-0.15, -0.1) is 0 Å². The highest BCUT2D eigenvalue weighted by Crippen LogP contribution is 2.29. The molecule has 2 N–H and O–H groups in total. The van der Waals surface area contributed by atoms with Crippen LogP contribution in [0, 0.1) is 6.92 Å². The number of benzene rings is 2. The third-order valence-corrected chi connectivity index (χ3v) is 4.21. The van der Waals surface area contributed by atoms with Crippen LogP contribution < -0.4 is 10.6 Å². The first-order chi connectivity index (χ1) is 12.8. The number of anilines is 1. The van der Waals surface area contributed by atoms with Crippen molar-refractivity contribution in [2.24, 2.45) is 0 Å². The van der Waals surface area contributed by atoms with Gasteiger partial charge in [0.25, 0.3) is 0 Å². The topological polar surface area (TPSA) is 41.9 Å². The lowest BCUT2D eigenvalue weighted by molar-refractivity contribution is -0.137. The van der Waals surface area contributed by atoms with Gasteiger partial charge in [-0.05, 0) is 61.1 Å². The lowest BCUT2D eigenvalue weighted by Gasteiger charge is -2.12. The second-order valence-electron chi connectivity index (χ2n) is 5.89. The van der Waals surface area contributed by atoms with Crippen molar-refractivity contribution in [3.63, 3.8) is 0 Å². The Bertz CT molecular complexity index is 915. The zero-order chi connectivity index (χ0) is 19.4. The van der Waals surface area contributed by atoms with E-state index < -0.39 is 11.7 Å². The van der Waals surface area contributed by atoms with Crippen molar-refractivity contribution in [2.45, 2.75) is 19.6 Å². The van der Waals surface area contributed by atoms with Gasteiger partial charge in [-0.2, -0.15) is 13.2 Å². The van der Waals surface area contributed by atoms with E-state index in [4.69, 9.17) is 12.2 Å². The lowest BCUT2D eigenvalue weighted by atomic mass is 10.2. The minimum Gasteiger partial charge on any atom is -0.358 e. The van der Waals surface area contributed by atoms with Crippen molar-refractivity contribution in [3.05, 3.63) is 77.9 Å². The van der Waals surface area contributed by atoms with Crippen molar-refractivity contribution < 1.29 is 13.2 Å². The Hall–Kier alpha value is -2.87. The third-order valence-electron chi connectivity index (χ3n) is 3.96. The fourth-order valence-corrected chi connectivity index (χ4v) is 2.72. The second-order valence-corrected chi connectivity index (χ2v) is 6.30. The fourth-order valence-electron chi connectivity index (χ4n) is 2.53. The molecular weight excluding hydrogens is 373 g/mol. The van der Waals surface area contributed by atoms with E-state index in [0.29, 0.717) is 17.3 Å². The minimum atomic E-state index is -4.35. The summed E-state index contributed by atoms with van der Waals surface area (Å²) < 4.78 is 39.7. The average molecular weight is 390 g/mol. The molecule has 0 fully saturated rings. The Labute approximate surface area is 160 Å². The third kappa shape index (κ3) is 4.85. The maximum atomic E-state index is 12.6. The molecule has 140 valence electrons. The van der Waals surface area contributed by atoms with Crippen LogP contribution in [0.4, 0.5) is 18.9 Å². The second kappa shape index (κ2) is 7.79. The van der Waals surface area contributed by atoms with E-state index in [1.807, 2.05) is 42.0 Å². The summed E-state index contributed by atoms with van der Waals surface area (Å²) >= 11 is 5.19. The largest absolute Gasteiger partial charge is 0.416 e. The van der Waals surface area contributed by atoms with Crippen molar-refractivity contribution in [2.75, 3.05) is 5.32 Å². The number of nitrogens with zero attached hydrogens (tertiary/aromatic N) is 2. The van der Waals surface area contributed by atoms with Crippen molar-refractivity contribution in [1.29, 1.82) is 0 Å². The highest BCUT2D eigenvalue weighted by Gasteiger charge is 2.29. The van der Waals surface area contributed by atoms with Crippen LogP contribution in [0.1, 0.15) is 17.0 Å². The molecule has 3 rings (SSSR count). The number of hydrogen-bond donors (Lipinski definition) is 2. The summed E-state index contributed by atoms with van der Waals surface area (Å²) in [5.41, 5.74) is 1.83. The van der Waals surface area contributed by atoms with Crippen LogP contribution in [0.5, 0.6) is 0 Å². The molecule has 0 atom stereocenters. The first-order valence-electron chi connectivity index (χ1n) is 8.14. The molecule has 1 aromatic heterocycles. The summed E-state index contributed by atoms with van der Waals surface area (Å²) in [5, 5.41) is 6.25. The van der Waals surface area contributed by atoms with E-state index in [0.717, 1.165) is 29.2 Å². The SMILES string of the molecule is Cc1nccn1-c1ccc(CNC(=S)Nc2ccc(C(F)(F)F)cc2)cc1. The molecule has 0 aliphatic carbocycles. The van der Waals surface area contributed by atoms with Gasteiger partial charge in [-0.25, -0.2) is 4.98 Å². The van der Waals surface area contributed by atoms with Gasteiger partial charge in [-0.1, -0.05) is 12.1 Å². The number of thiocarbonyl (C=S) groups is 1. The van der Waals surface area contributed by atoms with E-state index >= 15 is 0 Å². The quantitative estimate of drug-likeness (QED) is 0.635. The Morgan fingerprint density at radius 2 is 1.74 bits per heavy atom. The predicted octanol–water partition coefficient (Wildman–Crippen LogP) is 4.69. The van der Waals surface area contributed by atoms with Crippen LogP contribution in [0.2, 0.25) is 0 Å². The first-order valence-corrected chi connectivity index (χ1v) is 8.55. The smallest absolute Gasteiger partial charge is 0.358 e. The van der Waals surface area contributed by atoms with Crippen molar-refractivity contribution in [3.8, 4) is 5.69 Å². The number of hydrogen-bond acceptors (Lipinski definition) is 2. The average Bonchev–Trinajstić information content (AvgIpc) is 3.06. The molecule has 0 radical (unpaired) electrons. The number of imidazole rings is 1. The predicted molar refractivity (Wildman–Crippen MR) is 103 cm³/mol.